The van der Waals surface area contributed by atoms with Gasteiger partial charge in [0.1, 0.15) is 18.8 Å². The number of carbonyl (C=O) groups excluding carboxylic acids is 2. The van der Waals surface area contributed by atoms with E-state index in [1.807, 2.05) is 50.2 Å². The predicted molar refractivity (Wildman–Crippen MR) is 163 cm³/mol. The van der Waals surface area contributed by atoms with Crippen LogP contribution >= 0.6 is 0 Å². The quantitative estimate of drug-likeness (QED) is 0.190. The summed E-state index contributed by atoms with van der Waals surface area (Å²) in [5.74, 6) is -0.865. The number of ether oxygens (including phenoxy) is 3. The standard InChI is InChI=1S/C37H32O5/c1-24-7-11-29(12-8-24)36(38)40-23-35-34(42-37(39)30-13-9-25(2)10-14-30)22-33(41-35)28-18-15-27(16-19-28)32-20-17-26-5-3-4-6-31(26)21-32/h3-21,33-35H,22-23H2,1-2H3/t33-,34+,35-/m1/s1. The highest BCUT2D eigenvalue weighted by atomic mass is 16.6. The Balaban J connectivity index is 1.19. The first-order valence-corrected chi connectivity index (χ1v) is 14.2. The number of aryl methyl sites for hydroxylation is 2. The molecule has 5 nitrogen and oxygen atoms in total. The average molecular weight is 557 g/mol. The maximum Gasteiger partial charge on any atom is 0.338 e. The van der Waals surface area contributed by atoms with Crippen molar-refractivity contribution in [2.75, 3.05) is 6.61 Å². The molecule has 210 valence electrons. The molecular formula is C37H32O5. The number of hydrogen-bond donors (Lipinski definition) is 0. The van der Waals surface area contributed by atoms with E-state index in [1.165, 1.54) is 10.8 Å². The van der Waals surface area contributed by atoms with Gasteiger partial charge in [0.25, 0.3) is 0 Å². The van der Waals surface area contributed by atoms with Gasteiger partial charge in [-0.25, -0.2) is 9.59 Å². The van der Waals surface area contributed by atoms with Gasteiger partial charge in [-0.05, 0) is 71.6 Å². The molecule has 0 radical (unpaired) electrons. The van der Waals surface area contributed by atoms with Gasteiger partial charge in [0.05, 0.1) is 17.2 Å². The molecule has 5 heteroatoms. The Morgan fingerprint density at radius 1 is 0.690 bits per heavy atom. The van der Waals surface area contributed by atoms with E-state index in [-0.39, 0.29) is 12.7 Å². The SMILES string of the molecule is Cc1ccc(C(=O)OC[C@H]2O[C@@H](c3ccc(-c4ccc5ccccc5c4)cc3)C[C@@H]2OC(=O)c2ccc(C)cc2)cc1. The van der Waals surface area contributed by atoms with Crippen molar-refractivity contribution in [1.29, 1.82) is 0 Å². The predicted octanol–water partition coefficient (Wildman–Crippen LogP) is 8.04. The van der Waals surface area contributed by atoms with Crippen molar-refractivity contribution in [3.05, 3.63) is 143 Å². The molecule has 1 aliphatic heterocycles. The molecule has 6 rings (SSSR count). The number of benzene rings is 5. The monoisotopic (exact) mass is 556 g/mol. The Labute approximate surface area is 245 Å². The van der Waals surface area contributed by atoms with E-state index in [9.17, 15) is 9.59 Å². The van der Waals surface area contributed by atoms with Crippen LogP contribution in [0.25, 0.3) is 21.9 Å². The summed E-state index contributed by atoms with van der Waals surface area (Å²) in [6.07, 6.45) is -1.03. The third-order valence-corrected chi connectivity index (χ3v) is 7.78. The first kappa shape index (κ1) is 27.4. The number of rotatable bonds is 7. The van der Waals surface area contributed by atoms with Crippen molar-refractivity contribution in [1.82, 2.24) is 0 Å². The van der Waals surface area contributed by atoms with Gasteiger partial charge in [0.2, 0.25) is 0 Å². The van der Waals surface area contributed by atoms with Gasteiger partial charge < -0.3 is 14.2 Å². The van der Waals surface area contributed by atoms with Crippen LogP contribution in [0, 0.1) is 13.8 Å². The van der Waals surface area contributed by atoms with Gasteiger partial charge in [-0.2, -0.15) is 0 Å². The molecule has 3 atom stereocenters. The summed E-state index contributed by atoms with van der Waals surface area (Å²) in [6.45, 7) is 3.90. The van der Waals surface area contributed by atoms with Crippen LogP contribution in [-0.2, 0) is 14.2 Å². The van der Waals surface area contributed by atoms with Crippen molar-refractivity contribution < 1.29 is 23.8 Å². The summed E-state index contributed by atoms with van der Waals surface area (Å²) >= 11 is 0. The Bertz CT molecular complexity index is 1700. The summed E-state index contributed by atoms with van der Waals surface area (Å²) in [5, 5.41) is 2.40. The maximum atomic E-state index is 13.0. The second-order valence-electron chi connectivity index (χ2n) is 10.9. The van der Waals surface area contributed by atoms with Gasteiger partial charge in [-0.15, -0.1) is 0 Å². The van der Waals surface area contributed by atoms with Crippen LogP contribution in [0.2, 0.25) is 0 Å². The van der Waals surface area contributed by atoms with Gasteiger partial charge in [-0.1, -0.05) is 96.1 Å². The third-order valence-electron chi connectivity index (χ3n) is 7.78. The Morgan fingerprint density at radius 3 is 1.95 bits per heavy atom. The van der Waals surface area contributed by atoms with Crippen molar-refractivity contribution in [3.8, 4) is 11.1 Å². The summed E-state index contributed by atoms with van der Waals surface area (Å²) in [6, 6.07) is 37.5. The molecule has 5 aromatic rings. The molecule has 0 N–H and O–H groups in total. The van der Waals surface area contributed by atoms with Crippen LogP contribution in [0.1, 0.15) is 49.9 Å². The molecule has 0 aromatic heterocycles. The average Bonchev–Trinajstić information content (AvgIpc) is 3.42. The minimum Gasteiger partial charge on any atom is -0.459 e. The van der Waals surface area contributed by atoms with Crippen LogP contribution in [0.5, 0.6) is 0 Å². The molecule has 1 aliphatic rings. The van der Waals surface area contributed by atoms with E-state index >= 15 is 0 Å². The first-order chi connectivity index (χ1) is 20.4. The fourth-order valence-electron chi connectivity index (χ4n) is 5.29. The summed E-state index contributed by atoms with van der Waals surface area (Å²) in [7, 11) is 0. The Morgan fingerprint density at radius 2 is 1.29 bits per heavy atom. The highest BCUT2D eigenvalue weighted by molar-refractivity contribution is 5.90. The number of esters is 2. The zero-order chi connectivity index (χ0) is 29.1. The molecule has 0 saturated carbocycles. The third kappa shape index (κ3) is 6.12. The minimum atomic E-state index is -0.598. The fourth-order valence-corrected chi connectivity index (χ4v) is 5.29. The molecule has 0 bridgehead atoms. The highest BCUT2D eigenvalue weighted by Crippen LogP contribution is 2.36. The molecule has 42 heavy (non-hydrogen) atoms. The van der Waals surface area contributed by atoms with Crippen LogP contribution in [0.3, 0.4) is 0 Å². The van der Waals surface area contributed by atoms with E-state index in [1.54, 1.807) is 24.3 Å². The molecule has 0 aliphatic carbocycles. The van der Waals surface area contributed by atoms with Crippen molar-refractivity contribution in [3.63, 3.8) is 0 Å². The molecule has 1 fully saturated rings. The molecule has 1 heterocycles. The largest absolute Gasteiger partial charge is 0.459 e. The van der Waals surface area contributed by atoms with E-state index in [2.05, 4.69) is 54.6 Å². The topological polar surface area (TPSA) is 61.8 Å². The van der Waals surface area contributed by atoms with E-state index in [4.69, 9.17) is 14.2 Å². The molecule has 0 spiro atoms. The summed E-state index contributed by atoms with van der Waals surface area (Å²) in [4.78, 5) is 25.7. The molecule has 5 aromatic carbocycles. The molecule has 0 unspecified atom stereocenters. The smallest absolute Gasteiger partial charge is 0.338 e. The van der Waals surface area contributed by atoms with Gasteiger partial charge in [0, 0.05) is 6.42 Å². The normalized spacial score (nSPS) is 18.1. The lowest BCUT2D eigenvalue weighted by molar-refractivity contribution is -0.0427. The van der Waals surface area contributed by atoms with Gasteiger partial charge >= 0.3 is 11.9 Å². The minimum absolute atomic E-state index is 0.0236. The molecular weight excluding hydrogens is 524 g/mol. The second kappa shape index (κ2) is 12.0. The van der Waals surface area contributed by atoms with Crippen LogP contribution in [0.15, 0.2) is 115 Å². The number of carbonyl (C=O) groups is 2. The summed E-state index contributed by atoms with van der Waals surface area (Å²) in [5.41, 5.74) is 6.27. The molecule has 1 saturated heterocycles. The summed E-state index contributed by atoms with van der Waals surface area (Å²) < 4.78 is 17.9. The first-order valence-electron chi connectivity index (χ1n) is 14.2. The van der Waals surface area contributed by atoms with Crippen molar-refractivity contribution >= 4 is 22.7 Å². The van der Waals surface area contributed by atoms with Crippen LogP contribution in [-0.4, -0.2) is 30.8 Å². The Kier molecular flexibility index (Phi) is 7.85. The van der Waals surface area contributed by atoms with E-state index in [0.29, 0.717) is 17.5 Å². The Hall–Kier alpha value is -4.74. The van der Waals surface area contributed by atoms with E-state index < -0.39 is 24.1 Å². The van der Waals surface area contributed by atoms with Gasteiger partial charge in [-0.3, -0.25) is 0 Å². The zero-order valence-corrected chi connectivity index (χ0v) is 23.7. The van der Waals surface area contributed by atoms with Crippen LogP contribution < -0.4 is 0 Å². The van der Waals surface area contributed by atoms with E-state index in [0.717, 1.165) is 27.8 Å². The lowest BCUT2D eigenvalue weighted by Crippen LogP contribution is -2.32. The zero-order valence-electron chi connectivity index (χ0n) is 23.7. The highest BCUT2D eigenvalue weighted by Gasteiger charge is 2.39. The number of hydrogen-bond acceptors (Lipinski definition) is 5. The van der Waals surface area contributed by atoms with Crippen molar-refractivity contribution in [2.24, 2.45) is 0 Å². The maximum absolute atomic E-state index is 13.0. The number of fused-ring (bicyclic) bond motifs is 1. The van der Waals surface area contributed by atoms with Gasteiger partial charge in [0.15, 0.2) is 0 Å². The van der Waals surface area contributed by atoms with Crippen LogP contribution in [0.4, 0.5) is 0 Å². The fraction of sp³-hybridized carbons (Fsp3) is 0.189. The lowest BCUT2D eigenvalue weighted by Gasteiger charge is -2.19. The lowest BCUT2D eigenvalue weighted by atomic mass is 9.98. The van der Waals surface area contributed by atoms with Crippen molar-refractivity contribution in [2.45, 2.75) is 38.6 Å². The molecule has 0 amide bonds. The second-order valence-corrected chi connectivity index (χ2v) is 10.9.